The number of hydrogen-bond acceptors (Lipinski definition) is 3. The van der Waals surface area contributed by atoms with Gasteiger partial charge in [-0.3, -0.25) is 9.59 Å². The van der Waals surface area contributed by atoms with Gasteiger partial charge in [0.05, 0.1) is 0 Å². The Bertz CT molecular complexity index is 305. The minimum atomic E-state index is -1.12. The molecule has 0 radical (unpaired) electrons. The maximum atomic E-state index is 11.6. The van der Waals surface area contributed by atoms with Crippen molar-refractivity contribution >= 4 is 27.7 Å². The van der Waals surface area contributed by atoms with Crippen LogP contribution in [-0.2, 0) is 9.59 Å². The summed E-state index contributed by atoms with van der Waals surface area (Å²) in [7, 11) is 0. The first kappa shape index (κ1) is 16.1. The van der Waals surface area contributed by atoms with Crippen molar-refractivity contribution in [1.29, 1.82) is 0 Å². The van der Waals surface area contributed by atoms with E-state index in [0.717, 1.165) is 0 Å². The van der Waals surface area contributed by atoms with Crippen LogP contribution in [-0.4, -0.2) is 29.1 Å². The molecule has 0 aromatic heterocycles. The van der Waals surface area contributed by atoms with E-state index in [0.29, 0.717) is 10.9 Å². The lowest BCUT2D eigenvalue weighted by atomic mass is 10.0. The van der Waals surface area contributed by atoms with Crippen LogP contribution in [0.2, 0.25) is 0 Å². The van der Waals surface area contributed by atoms with Crippen molar-refractivity contribution in [3.63, 3.8) is 0 Å². The Morgan fingerprint density at radius 3 is 2.35 bits per heavy atom. The van der Waals surface area contributed by atoms with Crippen LogP contribution in [0.15, 0.2) is 11.1 Å². The average molecular weight is 307 g/mol. The summed E-state index contributed by atoms with van der Waals surface area (Å²) in [6, 6.07) is -0.851. The summed E-state index contributed by atoms with van der Waals surface area (Å²) < 4.78 is 0.556. The van der Waals surface area contributed by atoms with Gasteiger partial charge in [0.15, 0.2) is 0 Å². The van der Waals surface area contributed by atoms with Crippen LogP contribution >= 0.6 is 15.9 Å². The smallest absolute Gasteiger partial charge is 0.249 e. The van der Waals surface area contributed by atoms with E-state index in [4.69, 9.17) is 5.73 Å². The van der Waals surface area contributed by atoms with Crippen LogP contribution in [0.4, 0.5) is 0 Å². The normalized spacial score (nSPS) is 14.2. The number of carbonyl (C=O) groups excluding carboxylic acids is 2. The van der Waals surface area contributed by atoms with E-state index in [1.807, 2.05) is 13.8 Å². The van der Waals surface area contributed by atoms with E-state index in [9.17, 15) is 14.7 Å². The summed E-state index contributed by atoms with van der Waals surface area (Å²) in [6.45, 7) is 7.36. The number of carbonyl (C=O) groups is 2. The van der Waals surface area contributed by atoms with Gasteiger partial charge in [-0.15, -0.1) is 0 Å². The molecule has 0 rings (SSSR count). The van der Waals surface area contributed by atoms with Crippen LogP contribution in [0, 0.1) is 5.92 Å². The molecule has 0 aromatic carbocycles. The third-order valence-corrected chi connectivity index (χ3v) is 2.41. The largest absolute Gasteiger partial charge is 0.383 e. The van der Waals surface area contributed by atoms with Crippen molar-refractivity contribution in [2.24, 2.45) is 11.7 Å². The van der Waals surface area contributed by atoms with E-state index in [2.05, 4.69) is 27.8 Å². The van der Waals surface area contributed by atoms with E-state index >= 15 is 0 Å². The summed E-state index contributed by atoms with van der Waals surface area (Å²) >= 11 is 3.09. The number of nitrogens with two attached hydrogens (primary N) is 1. The molecule has 2 amide bonds. The molecule has 0 aliphatic heterocycles. The zero-order valence-electron chi connectivity index (χ0n) is 10.1. The maximum Gasteiger partial charge on any atom is 0.249 e. The Hall–Kier alpha value is -0.880. The quantitative estimate of drug-likeness (QED) is 0.645. The third-order valence-electron chi connectivity index (χ3n) is 2.08. The highest BCUT2D eigenvalue weighted by Gasteiger charge is 2.23. The minimum absolute atomic E-state index is 0.189. The standard InChI is InChI=1S/C11H19BrN2O3/c1-6(2)4-9(15)11(17)14-8(10(13)16)5-7(3)12/h6,8-9,15H,3-5H2,1-2H3,(H2,13,16)(H,14,17)/t8-,9-/m0/s1. The van der Waals surface area contributed by atoms with Crippen LogP contribution in [0.3, 0.4) is 0 Å². The SMILES string of the molecule is C=C(Br)C[C@H](NC(=O)[C@@H](O)CC(C)C)C(N)=O. The van der Waals surface area contributed by atoms with Crippen molar-refractivity contribution in [1.82, 2.24) is 5.32 Å². The number of hydrogen-bond donors (Lipinski definition) is 3. The molecule has 0 aromatic rings. The summed E-state index contributed by atoms with van der Waals surface area (Å²) in [5, 5.41) is 12.0. The van der Waals surface area contributed by atoms with Gasteiger partial charge in [0.25, 0.3) is 0 Å². The van der Waals surface area contributed by atoms with E-state index in [1.54, 1.807) is 0 Å². The monoisotopic (exact) mass is 306 g/mol. The van der Waals surface area contributed by atoms with Crippen LogP contribution in [0.25, 0.3) is 0 Å². The van der Waals surface area contributed by atoms with Crippen molar-refractivity contribution in [2.45, 2.75) is 38.8 Å². The molecule has 0 fully saturated rings. The van der Waals surface area contributed by atoms with Gasteiger partial charge in [0, 0.05) is 6.42 Å². The first-order valence-corrected chi connectivity index (χ1v) is 6.14. The van der Waals surface area contributed by atoms with Gasteiger partial charge in [0.1, 0.15) is 12.1 Å². The van der Waals surface area contributed by atoms with E-state index in [1.165, 1.54) is 0 Å². The molecule has 0 aliphatic rings. The lowest BCUT2D eigenvalue weighted by molar-refractivity contribution is -0.133. The molecule has 0 unspecified atom stereocenters. The van der Waals surface area contributed by atoms with Crippen molar-refractivity contribution < 1.29 is 14.7 Å². The molecule has 4 N–H and O–H groups in total. The van der Waals surface area contributed by atoms with Crippen LogP contribution in [0.1, 0.15) is 26.7 Å². The summed E-state index contributed by atoms with van der Waals surface area (Å²) in [6.07, 6.45) is -0.581. The van der Waals surface area contributed by atoms with Gasteiger partial charge >= 0.3 is 0 Å². The molecular formula is C11H19BrN2O3. The van der Waals surface area contributed by atoms with Gasteiger partial charge < -0.3 is 16.2 Å². The summed E-state index contributed by atoms with van der Waals surface area (Å²) in [5.74, 6) is -1.05. The highest BCUT2D eigenvalue weighted by Crippen LogP contribution is 2.11. The van der Waals surface area contributed by atoms with Gasteiger partial charge in [-0.2, -0.15) is 0 Å². The lowest BCUT2D eigenvalue weighted by Crippen LogP contribution is -2.48. The molecule has 0 saturated carbocycles. The number of nitrogens with one attached hydrogen (secondary N) is 1. The molecule has 0 saturated heterocycles. The van der Waals surface area contributed by atoms with Crippen molar-refractivity contribution in [3.05, 3.63) is 11.1 Å². The fraction of sp³-hybridized carbons (Fsp3) is 0.636. The number of amides is 2. The Balaban J connectivity index is 4.39. The average Bonchev–Trinajstić information content (AvgIpc) is 2.14. The number of primary amides is 1. The van der Waals surface area contributed by atoms with E-state index < -0.39 is 24.0 Å². The summed E-state index contributed by atoms with van der Waals surface area (Å²) in [5.41, 5.74) is 5.14. The maximum absolute atomic E-state index is 11.6. The molecule has 0 bridgehead atoms. The zero-order valence-corrected chi connectivity index (χ0v) is 11.7. The highest BCUT2D eigenvalue weighted by molar-refractivity contribution is 9.11. The van der Waals surface area contributed by atoms with Gasteiger partial charge in [0.2, 0.25) is 11.8 Å². The van der Waals surface area contributed by atoms with E-state index in [-0.39, 0.29) is 12.3 Å². The second-order valence-corrected chi connectivity index (χ2v) is 5.45. The molecule has 0 aliphatic carbocycles. The van der Waals surface area contributed by atoms with Crippen molar-refractivity contribution in [2.75, 3.05) is 0 Å². The van der Waals surface area contributed by atoms with Gasteiger partial charge in [-0.05, 0) is 16.8 Å². The molecule has 0 heterocycles. The Morgan fingerprint density at radius 1 is 1.47 bits per heavy atom. The van der Waals surface area contributed by atoms with Crippen LogP contribution < -0.4 is 11.1 Å². The fourth-order valence-electron chi connectivity index (χ4n) is 1.27. The molecule has 0 spiro atoms. The van der Waals surface area contributed by atoms with Crippen molar-refractivity contribution in [3.8, 4) is 0 Å². The number of rotatable bonds is 7. The Kier molecular flexibility index (Phi) is 7.06. The predicted molar refractivity (Wildman–Crippen MR) is 69.3 cm³/mol. The zero-order chi connectivity index (χ0) is 13.6. The minimum Gasteiger partial charge on any atom is -0.383 e. The Labute approximate surface area is 110 Å². The summed E-state index contributed by atoms with van der Waals surface area (Å²) in [4.78, 5) is 22.6. The molecule has 6 heteroatoms. The predicted octanol–water partition coefficient (Wildman–Crippen LogP) is 0.662. The molecule has 5 nitrogen and oxygen atoms in total. The van der Waals surface area contributed by atoms with Crippen LogP contribution in [0.5, 0.6) is 0 Å². The second-order valence-electron chi connectivity index (χ2n) is 4.33. The molecule has 2 atom stereocenters. The van der Waals surface area contributed by atoms with Gasteiger partial charge in [-0.1, -0.05) is 36.4 Å². The second kappa shape index (κ2) is 7.45. The highest BCUT2D eigenvalue weighted by atomic mass is 79.9. The lowest BCUT2D eigenvalue weighted by Gasteiger charge is -2.18. The number of aliphatic hydroxyl groups excluding tert-OH is 1. The molecule has 17 heavy (non-hydrogen) atoms. The fourth-order valence-corrected chi connectivity index (χ4v) is 1.59. The first-order chi connectivity index (χ1) is 7.73. The Morgan fingerprint density at radius 2 is 2.00 bits per heavy atom. The third kappa shape index (κ3) is 7.12. The topological polar surface area (TPSA) is 92.4 Å². The number of halogens is 1. The molecule has 98 valence electrons. The van der Waals surface area contributed by atoms with Gasteiger partial charge in [-0.25, -0.2) is 0 Å². The first-order valence-electron chi connectivity index (χ1n) is 5.35. The number of aliphatic hydroxyl groups is 1. The molecular weight excluding hydrogens is 288 g/mol.